The molecule has 11 heteroatoms. The van der Waals surface area contributed by atoms with Gasteiger partial charge in [0.25, 0.3) is 0 Å². The van der Waals surface area contributed by atoms with Gasteiger partial charge in [-0.3, -0.25) is 4.79 Å². The topological polar surface area (TPSA) is 197 Å². The zero-order chi connectivity index (χ0) is 85.2. The van der Waals surface area contributed by atoms with Crippen molar-refractivity contribution in [3.63, 3.8) is 0 Å². The van der Waals surface area contributed by atoms with Crippen molar-refractivity contribution in [2.75, 3.05) is 7.11 Å². The van der Waals surface area contributed by atoms with Gasteiger partial charge in [0.05, 0.1) is 12.5 Å². The third kappa shape index (κ3) is 18.8. The summed E-state index contributed by atoms with van der Waals surface area (Å²) in [7, 11) is 1.69. The monoisotopic (exact) mass is 1590 g/mol. The molecule has 0 aromatic heterocycles. The Hall–Kier alpha value is -12.5. The van der Waals surface area contributed by atoms with Crippen molar-refractivity contribution in [3.8, 4) is 68.6 Å². The van der Waals surface area contributed by atoms with E-state index in [0.717, 1.165) is 70.4 Å². The smallest absolute Gasteiger partial charge is 0.308 e. The summed E-state index contributed by atoms with van der Waals surface area (Å²) in [4.78, 5) is 11.2. The van der Waals surface area contributed by atoms with Crippen molar-refractivity contribution in [1.29, 1.82) is 0 Å². The van der Waals surface area contributed by atoms with E-state index in [1.54, 1.807) is 92.0 Å². The number of aryl methyl sites for hydroxylation is 2. The van der Waals surface area contributed by atoms with E-state index in [0.29, 0.717) is 46.2 Å². The van der Waals surface area contributed by atoms with Crippen LogP contribution in [0.25, 0.3) is 11.1 Å². The number of esters is 1. The molecule has 2 fully saturated rings. The number of phenolic OH excluding ortho intramolecular Hbond substituents is 8. The van der Waals surface area contributed by atoms with Gasteiger partial charge in [-0.2, -0.15) is 0 Å². The maximum absolute atomic E-state index is 11.2. The maximum atomic E-state index is 11.2. The van der Waals surface area contributed by atoms with Crippen LogP contribution in [-0.4, -0.2) is 53.9 Å². The van der Waals surface area contributed by atoms with Crippen LogP contribution in [0.2, 0.25) is 0 Å². The highest BCUT2D eigenvalue weighted by Crippen LogP contribution is 2.58. The molecular weight excluding hydrogens is 1470 g/mol. The molecule has 13 aromatic rings. The minimum absolute atomic E-state index is 0.0274. The minimum Gasteiger partial charge on any atom is -0.508 e. The Bertz CT molecular complexity index is 5340. The van der Waals surface area contributed by atoms with Gasteiger partial charge >= 0.3 is 5.97 Å². The van der Waals surface area contributed by atoms with Crippen LogP contribution in [0.1, 0.15) is 210 Å². The molecule has 0 radical (unpaired) electrons. The van der Waals surface area contributed by atoms with E-state index in [1.165, 1.54) is 93.8 Å². The predicted octanol–water partition coefficient (Wildman–Crippen LogP) is 25.4. The minimum atomic E-state index is -0.510. The number of fused-ring (bicyclic) bond motifs is 3. The molecule has 16 rings (SSSR count). The first-order chi connectivity index (χ1) is 56.7. The molecule has 3 aliphatic rings. The Balaban J connectivity index is 0.000000139. The Morgan fingerprint density at radius 1 is 0.353 bits per heavy atom. The number of ether oxygens (including phenoxy) is 2. The second-order valence-electron chi connectivity index (χ2n) is 35.0. The van der Waals surface area contributed by atoms with Crippen molar-refractivity contribution in [2.45, 2.75) is 167 Å². The van der Waals surface area contributed by atoms with Crippen LogP contribution in [0.3, 0.4) is 0 Å². The highest BCUT2D eigenvalue weighted by Gasteiger charge is 2.48. The van der Waals surface area contributed by atoms with Crippen LogP contribution in [0.5, 0.6) is 57.5 Å². The van der Waals surface area contributed by atoms with E-state index in [1.807, 2.05) is 111 Å². The molecular formula is C108H114O11. The number of carbonyl (C=O) groups excluding carboxylic acids is 1. The van der Waals surface area contributed by atoms with Gasteiger partial charge in [0.2, 0.25) is 0 Å². The molecule has 13 aromatic carbocycles. The zero-order valence-electron chi connectivity index (χ0n) is 70.9. The SMILES string of the molecule is CC(C)(c1ccc(O)cc1)c1ccc(O)cc1.CC1CC(C)(C)CC(c2ccc(O)cc2)(c2ccc(O)cc2)C1.COc1ccc(C(C)(C)c2cccc(C(C)(C)c3ccc(OC(C)=O)cc3)c2)cc1.Cc1cc(C2(c3ccc(O)c(C)c3)c3ccccc3-c3ccccc32)ccc1O.Oc1ccc(C2(c3ccc(O)cc3)CCCCC2)cc1. The summed E-state index contributed by atoms with van der Waals surface area (Å²) in [6.45, 7) is 25.4. The normalized spacial score (nSPS) is 15.3. The van der Waals surface area contributed by atoms with Crippen molar-refractivity contribution >= 4 is 5.97 Å². The van der Waals surface area contributed by atoms with E-state index < -0.39 is 5.41 Å². The highest BCUT2D eigenvalue weighted by atomic mass is 16.5. The van der Waals surface area contributed by atoms with Crippen molar-refractivity contribution in [1.82, 2.24) is 0 Å². The number of aromatic hydroxyl groups is 8. The van der Waals surface area contributed by atoms with Gasteiger partial charge in [-0.1, -0.05) is 276 Å². The van der Waals surface area contributed by atoms with Gasteiger partial charge < -0.3 is 50.3 Å². The highest BCUT2D eigenvalue weighted by molar-refractivity contribution is 5.86. The average Bonchev–Trinajstić information content (AvgIpc) is 1.54. The summed E-state index contributed by atoms with van der Waals surface area (Å²) >= 11 is 0. The number of rotatable bonds is 14. The Kier molecular flexibility index (Phi) is 25.8. The summed E-state index contributed by atoms with van der Waals surface area (Å²) in [5.74, 6) is 4.11. The van der Waals surface area contributed by atoms with Crippen LogP contribution in [0.4, 0.5) is 0 Å². The molecule has 612 valence electrons. The van der Waals surface area contributed by atoms with E-state index in [2.05, 4.69) is 184 Å². The van der Waals surface area contributed by atoms with Gasteiger partial charge in [-0.05, 0) is 267 Å². The molecule has 0 amide bonds. The third-order valence-corrected chi connectivity index (χ3v) is 25.1. The Morgan fingerprint density at radius 3 is 1.02 bits per heavy atom. The van der Waals surface area contributed by atoms with Crippen molar-refractivity contribution in [2.24, 2.45) is 11.3 Å². The van der Waals surface area contributed by atoms with Crippen LogP contribution in [0, 0.1) is 25.2 Å². The van der Waals surface area contributed by atoms with E-state index >= 15 is 0 Å². The lowest BCUT2D eigenvalue weighted by atomic mass is 9.55. The maximum Gasteiger partial charge on any atom is 0.308 e. The first kappa shape index (κ1) is 85.9. The molecule has 0 aliphatic heterocycles. The van der Waals surface area contributed by atoms with Crippen LogP contribution >= 0.6 is 0 Å². The Morgan fingerprint density at radius 2 is 0.672 bits per heavy atom. The van der Waals surface area contributed by atoms with Crippen LogP contribution < -0.4 is 9.47 Å². The number of hydrogen-bond donors (Lipinski definition) is 8. The second kappa shape index (κ2) is 35.8. The van der Waals surface area contributed by atoms with Crippen LogP contribution in [0.15, 0.2) is 303 Å². The van der Waals surface area contributed by atoms with Crippen molar-refractivity contribution < 1.29 is 55.1 Å². The second-order valence-corrected chi connectivity index (χ2v) is 35.0. The lowest BCUT2D eigenvalue weighted by Gasteiger charge is -2.48. The molecule has 0 saturated heterocycles. The van der Waals surface area contributed by atoms with Crippen molar-refractivity contribution in [3.05, 3.63) is 392 Å². The molecule has 0 spiro atoms. The molecule has 1 unspecified atom stereocenters. The molecule has 11 nitrogen and oxygen atoms in total. The molecule has 8 N–H and O–H groups in total. The fourth-order valence-electron chi connectivity index (χ4n) is 18.7. The van der Waals surface area contributed by atoms with E-state index in [4.69, 9.17) is 9.47 Å². The summed E-state index contributed by atoms with van der Waals surface area (Å²) in [5.41, 5.74) is 20.2. The quantitative estimate of drug-likeness (QED) is 0.0381. The summed E-state index contributed by atoms with van der Waals surface area (Å²) in [6, 6.07) is 98.6. The number of hydrogen-bond acceptors (Lipinski definition) is 11. The molecule has 3 aliphatic carbocycles. The first-order valence-corrected chi connectivity index (χ1v) is 41.3. The number of benzene rings is 13. The lowest BCUT2D eigenvalue weighted by Crippen LogP contribution is -2.41. The standard InChI is InChI=1S/C27H30O3.C27H22O2.C21H26O2.C18H20O2.C15H16O2/c1-19(28)30-25-16-12-21(13-17-25)27(4,5)23-9-7-8-22(18-23)26(2,3)20-10-14-24(29-6)15-11-20;1-17-15-19(11-13-25(17)28)27(20-12-14-26(29)18(2)16-20)23-9-5-3-7-21(23)22-8-4-6-10-24(22)27;1-15-12-20(2,3)14-21(13-15,16-4-8-18(22)9-5-16)17-6-10-19(23)11-7-17;19-16-8-4-14(5-9-16)18(12-2-1-3-13-18)15-6-10-17(20)11-7-15;1-15(2,11-3-7-13(16)8-4-11)12-5-9-14(17)10-6-12/h7-18H,1-6H3;3-16,28-29H,1-2H3;4-11,15,22-23H,12-14H2,1-3H3;4-11,19-20H,1-3,12-13H2;3-10,16-17H,1-2H3. The third-order valence-electron chi connectivity index (χ3n) is 25.1. The van der Waals surface area contributed by atoms with Gasteiger partial charge in [-0.25, -0.2) is 0 Å². The van der Waals surface area contributed by atoms with Gasteiger partial charge in [0.1, 0.15) is 57.5 Å². The van der Waals surface area contributed by atoms with E-state index in [9.17, 15) is 45.6 Å². The summed E-state index contributed by atoms with van der Waals surface area (Å²) < 4.78 is 10.5. The number of methoxy groups -OCH3 is 1. The fraction of sp³-hybridized carbons (Fsp3) is 0.269. The Labute approximate surface area is 703 Å². The summed E-state index contributed by atoms with van der Waals surface area (Å²) in [6.07, 6.45) is 9.38. The lowest BCUT2D eigenvalue weighted by molar-refractivity contribution is -0.131. The van der Waals surface area contributed by atoms with Gasteiger partial charge in [-0.15, -0.1) is 0 Å². The van der Waals surface area contributed by atoms with Crippen LogP contribution in [-0.2, 0) is 37.3 Å². The molecule has 1 atom stereocenters. The zero-order valence-corrected chi connectivity index (χ0v) is 70.9. The fourth-order valence-corrected chi connectivity index (χ4v) is 18.7. The first-order valence-electron chi connectivity index (χ1n) is 41.3. The predicted molar refractivity (Wildman–Crippen MR) is 480 cm³/mol. The van der Waals surface area contributed by atoms with Gasteiger partial charge in [0, 0.05) is 34.0 Å². The summed E-state index contributed by atoms with van der Waals surface area (Å²) in [5, 5.41) is 77.3. The molecule has 0 bridgehead atoms. The average molecular weight is 1590 g/mol. The largest absolute Gasteiger partial charge is 0.508 e. The molecule has 0 heterocycles. The van der Waals surface area contributed by atoms with E-state index in [-0.39, 0.29) is 50.0 Å². The molecule has 2 saturated carbocycles. The number of phenols is 8. The number of carbonyl (C=O) groups is 1. The molecule has 119 heavy (non-hydrogen) atoms. The van der Waals surface area contributed by atoms with Gasteiger partial charge in [0.15, 0.2) is 0 Å².